The first-order valence-electron chi connectivity index (χ1n) is 7.15. The van der Waals surface area contributed by atoms with Gasteiger partial charge in [-0.2, -0.15) is 0 Å². The van der Waals surface area contributed by atoms with Crippen LogP contribution in [0.5, 0.6) is 0 Å². The molecule has 1 saturated heterocycles. The SMILES string of the molecule is C=C(C)C(=O)OC(CC)C1CC[Si](C)(C)[Si](C)(C)O1. The Morgan fingerprint density at radius 3 is 2.42 bits per heavy atom. The van der Waals surface area contributed by atoms with Gasteiger partial charge in [0.25, 0.3) is 0 Å². The third kappa shape index (κ3) is 3.80. The molecule has 0 N–H and O–H groups in total. The highest BCUT2D eigenvalue weighted by Crippen LogP contribution is 2.35. The van der Waals surface area contributed by atoms with Crippen molar-refractivity contribution in [2.24, 2.45) is 0 Å². The zero-order valence-electron chi connectivity index (χ0n) is 13.2. The van der Waals surface area contributed by atoms with Crippen molar-refractivity contribution >= 4 is 21.4 Å². The molecule has 19 heavy (non-hydrogen) atoms. The summed E-state index contributed by atoms with van der Waals surface area (Å²) in [5.74, 6) is -0.294. The summed E-state index contributed by atoms with van der Waals surface area (Å²) in [6.45, 7) is 16.9. The van der Waals surface area contributed by atoms with Gasteiger partial charge in [-0.1, -0.05) is 32.6 Å². The molecule has 1 rings (SSSR count). The smallest absolute Gasteiger partial charge is 0.333 e. The third-order valence-electron chi connectivity index (χ3n) is 4.55. The van der Waals surface area contributed by atoms with Crippen molar-refractivity contribution in [3.05, 3.63) is 12.2 Å². The van der Waals surface area contributed by atoms with Gasteiger partial charge in [-0.05, 0) is 32.9 Å². The van der Waals surface area contributed by atoms with Crippen LogP contribution >= 0.6 is 0 Å². The Balaban J connectivity index is 2.74. The van der Waals surface area contributed by atoms with E-state index in [-0.39, 0.29) is 18.2 Å². The van der Waals surface area contributed by atoms with Crippen molar-refractivity contribution < 1.29 is 14.0 Å². The number of hydrogen-bond donors (Lipinski definition) is 0. The van der Waals surface area contributed by atoms with E-state index < -0.39 is 15.4 Å². The first kappa shape index (κ1) is 16.7. The summed E-state index contributed by atoms with van der Waals surface area (Å²) in [5, 5.41) is 0. The lowest BCUT2D eigenvalue weighted by Crippen LogP contribution is -2.63. The van der Waals surface area contributed by atoms with Gasteiger partial charge in [-0.3, -0.25) is 0 Å². The Kier molecular flexibility index (Phi) is 5.20. The van der Waals surface area contributed by atoms with E-state index in [0.29, 0.717) is 5.57 Å². The second kappa shape index (κ2) is 5.93. The molecule has 2 unspecified atom stereocenters. The lowest BCUT2D eigenvalue weighted by atomic mass is 10.1. The number of carbonyl (C=O) groups excluding carboxylic acids is 1. The maximum Gasteiger partial charge on any atom is 0.333 e. The topological polar surface area (TPSA) is 35.5 Å². The summed E-state index contributed by atoms with van der Waals surface area (Å²) in [7, 11) is -2.83. The molecule has 0 amide bonds. The Morgan fingerprint density at radius 1 is 1.42 bits per heavy atom. The molecule has 110 valence electrons. The highest BCUT2D eigenvalue weighted by atomic mass is 29.3. The molecule has 0 aromatic rings. The van der Waals surface area contributed by atoms with E-state index in [1.54, 1.807) is 6.92 Å². The van der Waals surface area contributed by atoms with Gasteiger partial charge in [-0.25, -0.2) is 4.79 Å². The standard InChI is InChI=1S/C14H28O3Si2/c1-8-12(16-14(15)11(2)3)13-9-10-18(4,5)19(6,7)17-13/h12-13H,2,8-10H2,1,3-7H3. The molecule has 5 heteroatoms. The maximum atomic E-state index is 11.7. The molecule has 0 bridgehead atoms. The van der Waals surface area contributed by atoms with Crippen molar-refractivity contribution in [3.63, 3.8) is 0 Å². The van der Waals surface area contributed by atoms with Gasteiger partial charge in [0, 0.05) is 5.57 Å². The maximum absolute atomic E-state index is 11.7. The van der Waals surface area contributed by atoms with Crippen molar-refractivity contribution in [2.45, 2.75) is 71.1 Å². The van der Waals surface area contributed by atoms with Gasteiger partial charge in [0.2, 0.25) is 0 Å². The number of hydrogen-bond acceptors (Lipinski definition) is 3. The van der Waals surface area contributed by atoms with E-state index in [1.165, 1.54) is 6.04 Å². The normalized spacial score (nSPS) is 26.5. The molecule has 1 heterocycles. The highest BCUT2D eigenvalue weighted by Gasteiger charge is 2.49. The molecule has 2 atom stereocenters. The summed E-state index contributed by atoms with van der Waals surface area (Å²) in [5.41, 5.74) is 0.459. The number of ether oxygens (including phenoxy) is 1. The van der Waals surface area contributed by atoms with Crippen LogP contribution < -0.4 is 0 Å². The van der Waals surface area contributed by atoms with Gasteiger partial charge in [-0.15, -0.1) is 0 Å². The Hall–Kier alpha value is -0.396. The molecule has 1 aliphatic heterocycles. The predicted octanol–water partition coefficient (Wildman–Crippen LogP) is 3.67. The summed E-state index contributed by atoms with van der Waals surface area (Å²) < 4.78 is 12.0. The predicted molar refractivity (Wildman–Crippen MR) is 84.2 cm³/mol. The van der Waals surface area contributed by atoms with Crippen LogP contribution in [0, 0.1) is 0 Å². The van der Waals surface area contributed by atoms with Crippen LogP contribution in [0.2, 0.25) is 32.2 Å². The van der Waals surface area contributed by atoms with Crippen molar-refractivity contribution in [1.82, 2.24) is 0 Å². The largest absolute Gasteiger partial charge is 0.456 e. The fraction of sp³-hybridized carbons (Fsp3) is 0.786. The zero-order valence-corrected chi connectivity index (χ0v) is 15.2. The molecule has 0 saturated carbocycles. The molecular weight excluding hydrogens is 272 g/mol. The Bertz CT molecular complexity index is 364. The third-order valence-corrected chi connectivity index (χ3v) is 21.1. The van der Waals surface area contributed by atoms with Crippen LogP contribution in [0.25, 0.3) is 0 Å². The fourth-order valence-electron chi connectivity index (χ4n) is 2.32. The monoisotopic (exact) mass is 300 g/mol. The summed E-state index contributed by atoms with van der Waals surface area (Å²) >= 11 is 0. The Labute approximate surface area is 119 Å². The van der Waals surface area contributed by atoms with E-state index in [2.05, 4.69) is 32.8 Å². The van der Waals surface area contributed by atoms with Crippen molar-refractivity contribution in [2.75, 3.05) is 0 Å². The number of carbonyl (C=O) groups is 1. The minimum absolute atomic E-state index is 0.0792. The molecule has 0 aliphatic carbocycles. The lowest BCUT2D eigenvalue weighted by molar-refractivity contribution is -0.149. The van der Waals surface area contributed by atoms with Crippen LogP contribution in [-0.2, 0) is 14.0 Å². The summed E-state index contributed by atoms with van der Waals surface area (Å²) in [6.07, 6.45) is 1.78. The van der Waals surface area contributed by atoms with Crippen LogP contribution in [0.4, 0.5) is 0 Å². The molecule has 3 nitrogen and oxygen atoms in total. The highest BCUT2D eigenvalue weighted by molar-refractivity contribution is 7.38. The van der Waals surface area contributed by atoms with Crippen LogP contribution in [0.15, 0.2) is 12.2 Å². The van der Waals surface area contributed by atoms with E-state index in [0.717, 1.165) is 12.8 Å². The molecular formula is C14H28O3Si2. The Morgan fingerprint density at radius 2 is 2.00 bits per heavy atom. The zero-order chi connectivity index (χ0) is 14.8. The molecule has 0 spiro atoms. The summed E-state index contributed by atoms with van der Waals surface area (Å²) in [6, 6.07) is 1.28. The second-order valence-electron chi connectivity index (χ2n) is 6.72. The van der Waals surface area contributed by atoms with Gasteiger partial charge >= 0.3 is 5.97 Å². The van der Waals surface area contributed by atoms with E-state index >= 15 is 0 Å². The van der Waals surface area contributed by atoms with Gasteiger partial charge in [0.1, 0.15) is 6.10 Å². The van der Waals surface area contributed by atoms with Gasteiger partial charge < -0.3 is 9.16 Å². The van der Waals surface area contributed by atoms with Crippen molar-refractivity contribution in [1.29, 1.82) is 0 Å². The number of rotatable bonds is 4. The molecule has 0 aromatic carbocycles. The first-order chi connectivity index (χ1) is 8.60. The van der Waals surface area contributed by atoms with Gasteiger partial charge in [0.15, 0.2) is 7.83 Å². The number of esters is 1. The van der Waals surface area contributed by atoms with E-state index in [9.17, 15) is 4.79 Å². The molecule has 1 fully saturated rings. The first-order valence-corrected chi connectivity index (χ1v) is 14.3. The van der Waals surface area contributed by atoms with Gasteiger partial charge in [0.05, 0.1) is 13.7 Å². The fourth-order valence-corrected chi connectivity index (χ4v) is 8.93. The lowest BCUT2D eigenvalue weighted by Gasteiger charge is -2.47. The minimum Gasteiger partial charge on any atom is -0.456 e. The second-order valence-corrected chi connectivity index (χ2v) is 21.9. The average Bonchev–Trinajstić information content (AvgIpc) is 2.29. The average molecular weight is 301 g/mol. The molecule has 0 aromatic heterocycles. The summed E-state index contributed by atoms with van der Waals surface area (Å²) in [4.78, 5) is 11.7. The molecule has 1 aliphatic rings. The molecule has 0 radical (unpaired) electrons. The minimum atomic E-state index is -1.61. The quantitative estimate of drug-likeness (QED) is 0.451. The van der Waals surface area contributed by atoms with Crippen molar-refractivity contribution in [3.8, 4) is 0 Å². The van der Waals surface area contributed by atoms with E-state index in [1.807, 2.05) is 6.92 Å². The van der Waals surface area contributed by atoms with Crippen LogP contribution in [0.3, 0.4) is 0 Å². The van der Waals surface area contributed by atoms with Crippen LogP contribution in [0.1, 0.15) is 26.7 Å². The van der Waals surface area contributed by atoms with E-state index in [4.69, 9.17) is 9.16 Å². The van der Waals surface area contributed by atoms with Crippen LogP contribution in [-0.4, -0.2) is 33.6 Å².